The molecule has 0 aliphatic heterocycles. The highest BCUT2D eigenvalue weighted by atomic mass is 16.5. The highest BCUT2D eigenvalue weighted by Gasteiger charge is 2.01. The Hall–Kier alpha value is -0.830. The lowest BCUT2D eigenvalue weighted by atomic mass is 10.0. The van der Waals surface area contributed by atoms with E-state index in [1.807, 2.05) is 0 Å². The summed E-state index contributed by atoms with van der Waals surface area (Å²) in [7, 11) is 0. The monoisotopic (exact) mass is 438 g/mol. The zero-order chi connectivity index (χ0) is 22.8. The van der Waals surface area contributed by atoms with Crippen LogP contribution in [0.2, 0.25) is 0 Å². The first-order valence-corrected chi connectivity index (χ1v) is 13.6. The molecule has 0 amide bonds. The zero-order valence-corrected chi connectivity index (χ0v) is 20.9. The van der Waals surface area contributed by atoms with Crippen LogP contribution < -0.4 is 0 Å². The third-order valence-corrected chi connectivity index (χ3v) is 6.13. The second-order valence-corrected chi connectivity index (χ2v) is 9.42. The minimum atomic E-state index is -0.257. The summed E-state index contributed by atoms with van der Waals surface area (Å²) in [5, 5.41) is 8.75. The molecule has 0 spiro atoms. The summed E-state index contributed by atoms with van der Waals surface area (Å²) in [5.41, 5.74) is 0.489. The maximum atomic E-state index is 11.2. The Bertz CT molecular complexity index is 392. The number of hydrogen-bond acceptors (Lipinski definition) is 3. The van der Waals surface area contributed by atoms with Crippen LogP contribution >= 0.6 is 0 Å². The lowest BCUT2D eigenvalue weighted by molar-refractivity contribution is -0.139. The van der Waals surface area contributed by atoms with Gasteiger partial charge in [0.2, 0.25) is 0 Å². The van der Waals surface area contributed by atoms with Crippen molar-refractivity contribution in [3.8, 4) is 0 Å². The van der Waals surface area contributed by atoms with Gasteiger partial charge < -0.3 is 9.84 Å². The summed E-state index contributed by atoms with van der Waals surface area (Å²) in [6.45, 7) is 6.18. The van der Waals surface area contributed by atoms with E-state index in [4.69, 9.17) is 9.84 Å². The fourth-order valence-electron chi connectivity index (χ4n) is 4.04. The van der Waals surface area contributed by atoms with Crippen molar-refractivity contribution < 1.29 is 14.6 Å². The SMILES string of the molecule is C=C(C)C(=O)OCCCCCCCCCCCCCCCCCCCCCCCCO. The molecule has 0 saturated heterocycles. The van der Waals surface area contributed by atoms with E-state index in [2.05, 4.69) is 6.58 Å². The van der Waals surface area contributed by atoms with Crippen LogP contribution in [0.1, 0.15) is 148 Å². The minimum Gasteiger partial charge on any atom is -0.462 e. The van der Waals surface area contributed by atoms with Gasteiger partial charge in [0.25, 0.3) is 0 Å². The largest absolute Gasteiger partial charge is 0.462 e. The molecule has 0 heterocycles. The minimum absolute atomic E-state index is 0.257. The summed E-state index contributed by atoms with van der Waals surface area (Å²) in [6.07, 6.45) is 29.3. The summed E-state index contributed by atoms with van der Waals surface area (Å²) in [6, 6.07) is 0. The van der Waals surface area contributed by atoms with E-state index in [-0.39, 0.29) is 5.97 Å². The molecule has 0 aromatic heterocycles. The normalized spacial score (nSPS) is 11.0. The molecule has 0 unspecified atom stereocenters. The topological polar surface area (TPSA) is 46.5 Å². The highest BCUT2D eigenvalue weighted by Crippen LogP contribution is 2.15. The molecular formula is C28H54O3. The predicted molar refractivity (Wildman–Crippen MR) is 134 cm³/mol. The number of ether oxygens (including phenoxy) is 1. The van der Waals surface area contributed by atoms with Gasteiger partial charge in [0.1, 0.15) is 0 Å². The molecule has 1 N–H and O–H groups in total. The van der Waals surface area contributed by atoms with Crippen LogP contribution in [0.15, 0.2) is 12.2 Å². The Balaban J connectivity index is 3.05. The van der Waals surface area contributed by atoms with Crippen molar-refractivity contribution in [2.45, 2.75) is 148 Å². The van der Waals surface area contributed by atoms with Gasteiger partial charge in [-0.15, -0.1) is 0 Å². The number of carbonyl (C=O) groups is 1. The Morgan fingerprint density at radius 3 is 1.06 bits per heavy atom. The predicted octanol–water partition coefficient (Wildman–Crippen LogP) is 8.68. The van der Waals surface area contributed by atoms with Crippen LogP contribution in [0.5, 0.6) is 0 Å². The first-order chi connectivity index (χ1) is 15.2. The molecule has 184 valence electrons. The molecule has 0 aromatic carbocycles. The van der Waals surface area contributed by atoms with Crippen molar-refractivity contribution >= 4 is 5.97 Å². The second kappa shape index (κ2) is 25.4. The molecular weight excluding hydrogens is 384 g/mol. The number of aliphatic hydroxyl groups excluding tert-OH is 1. The number of carbonyl (C=O) groups excluding carboxylic acids is 1. The summed E-state index contributed by atoms with van der Waals surface area (Å²) in [4.78, 5) is 11.2. The Kier molecular flexibility index (Phi) is 24.7. The lowest BCUT2D eigenvalue weighted by Gasteiger charge is -2.05. The van der Waals surface area contributed by atoms with E-state index in [0.29, 0.717) is 18.8 Å². The van der Waals surface area contributed by atoms with Gasteiger partial charge in [0.15, 0.2) is 0 Å². The van der Waals surface area contributed by atoms with Crippen LogP contribution in [0.3, 0.4) is 0 Å². The van der Waals surface area contributed by atoms with Gasteiger partial charge in [-0.1, -0.05) is 135 Å². The molecule has 3 heteroatoms. The van der Waals surface area contributed by atoms with E-state index in [1.54, 1.807) is 6.92 Å². The third kappa shape index (κ3) is 25.3. The number of unbranched alkanes of at least 4 members (excludes halogenated alkanes) is 21. The van der Waals surface area contributed by atoms with Crippen LogP contribution in [0.4, 0.5) is 0 Å². The van der Waals surface area contributed by atoms with Gasteiger partial charge >= 0.3 is 5.97 Å². The van der Waals surface area contributed by atoms with Crippen LogP contribution in [-0.2, 0) is 9.53 Å². The molecule has 0 atom stereocenters. The zero-order valence-electron chi connectivity index (χ0n) is 20.9. The molecule has 0 rings (SSSR count). The van der Waals surface area contributed by atoms with Gasteiger partial charge in [-0.05, 0) is 19.8 Å². The van der Waals surface area contributed by atoms with E-state index in [9.17, 15) is 4.79 Å². The van der Waals surface area contributed by atoms with Crippen LogP contribution in [0, 0.1) is 0 Å². The molecule has 3 nitrogen and oxygen atoms in total. The lowest BCUT2D eigenvalue weighted by Crippen LogP contribution is -2.05. The molecule has 0 bridgehead atoms. The average Bonchev–Trinajstić information content (AvgIpc) is 2.76. The Morgan fingerprint density at radius 2 is 0.806 bits per heavy atom. The van der Waals surface area contributed by atoms with Gasteiger partial charge in [0.05, 0.1) is 6.61 Å². The van der Waals surface area contributed by atoms with Gasteiger partial charge in [0, 0.05) is 12.2 Å². The second-order valence-electron chi connectivity index (χ2n) is 9.42. The first-order valence-electron chi connectivity index (χ1n) is 13.6. The van der Waals surface area contributed by atoms with E-state index >= 15 is 0 Å². The molecule has 0 aliphatic rings. The van der Waals surface area contributed by atoms with Crippen LogP contribution in [-0.4, -0.2) is 24.3 Å². The summed E-state index contributed by atoms with van der Waals surface area (Å²) in [5.74, 6) is -0.257. The number of hydrogen-bond donors (Lipinski definition) is 1. The van der Waals surface area contributed by atoms with E-state index in [1.165, 1.54) is 122 Å². The van der Waals surface area contributed by atoms with E-state index < -0.39 is 0 Å². The molecule has 0 fully saturated rings. The molecule has 0 aliphatic carbocycles. The summed E-state index contributed by atoms with van der Waals surface area (Å²) < 4.78 is 5.11. The van der Waals surface area contributed by atoms with Crippen molar-refractivity contribution in [3.63, 3.8) is 0 Å². The Labute approximate surface area is 194 Å². The van der Waals surface area contributed by atoms with Crippen molar-refractivity contribution in [2.24, 2.45) is 0 Å². The molecule has 0 radical (unpaired) electrons. The fourth-order valence-corrected chi connectivity index (χ4v) is 4.04. The fraction of sp³-hybridized carbons (Fsp3) is 0.893. The number of aliphatic hydroxyl groups is 1. The third-order valence-electron chi connectivity index (χ3n) is 6.13. The molecule has 0 aromatic rings. The van der Waals surface area contributed by atoms with Gasteiger partial charge in [-0.3, -0.25) is 0 Å². The maximum Gasteiger partial charge on any atom is 0.333 e. The van der Waals surface area contributed by atoms with Crippen molar-refractivity contribution in [2.75, 3.05) is 13.2 Å². The molecule has 31 heavy (non-hydrogen) atoms. The highest BCUT2D eigenvalue weighted by molar-refractivity contribution is 5.86. The maximum absolute atomic E-state index is 11.2. The van der Waals surface area contributed by atoms with Crippen molar-refractivity contribution in [1.29, 1.82) is 0 Å². The first kappa shape index (κ1) is 30.2. The smallest absolute Gasteiger partial charge is 0.333 e. The summed E-state index contributed by atoms with van der Waals surface area (Å²) >= 11 is 0. The molecule has 0 saturated carbocycles. The van der Waals surface area contributed by atoms with Crippen LogP contribution in [0.25, 0.3) is 0 Å². The van der Waals surface area contributed by atoms with E-state index in [0.717, 1.165) is 19.3 Å². The quantitative estimate of drug-likeness (QED) is 0.0880. The van der Waals surface area contributed by atoms with Gasteiger partial charge in [-0.25, -0.2) is 4.79 Å². The average molecular weight is 439 g/mol. The van der Waals surface area contributed by atoms with Gasteiger partial charge in [-0.2, -0.15) is 0 Å². The number of esters is 1. The standard InChI is InChI=1S/C28H54O3/c1-27(2)28(30)31-26-24-22-20-18-16-14-12-10-8-6-4-3-5-7-9-11-13-15-17-19-21-23-25-29/h29H,1,3-26H2,2H3. The number of rotatable bonds is 25. The van der Waals surface area contributed by atoms with Crippen molar-refractivity contribution in [3.05, 3.63) is 12.2 Å². The Morgan fingerprint density at radius 1 is 0.548 bits per heavy atom. The van der Waals surface area contributed by atoms with Crippen molar-refractivity contribution in [1.82, 2.24) is 0 Å².